The van der Waals surface area contributed by atoms with Gasteiger partial charge in [0, 0.05) is 23.7 Å². The van der Waals surface area contributed by atoms with Crippen LogP contribution in [0.4, 0.5) is 14.5 Å². The fraction of sp³-hybridized carbons (Fsp3) is 0.133. The number of benzene rings is 1. The van der Waals surface area contributed by atoms with E-state index in [-0.39, 0.29) is 12.3 Å². The molecular formula is C15H11F2NO2S. The number of halogens is 2. The van der Waals surface area contributed by atoms with Gasteiger partial charge in [0.2, 0.25) is 0 Å². The van der Waals surface area contributed by atoms with Crippen molar-refractivity contribution >= 4 is 22.9 Å². The van der Waals surface area contributed by atoms with E-state index in [9.17, 15) is 13.6 Å². The molecule has 0 bridgehead atoms. The topological polar surface area (TPSA) is 49.3 Å². The summed E-state index contributed by atoms with van der Waals surface area (Å²) in [4.78, 5) is 12.4. The molecule has 0 aliphatic rings. The molecule has 0 fully saturated rings. The number of rotatable bonds is 3. The first kappa shape index (κ1) is 15.2. The number of carbonyl (C=O) groups is 1. The second-order valence-corrected chi connectivity index (χ2v) is 4.97. The van der Waals surface area contributed by atoms with Crippen LogP contribution in [0.2, 0.25) is 0 Å². The number of nitrogens with one attached hydrogen (secondary N) is 1. The van der Waals surface area contributed by atoms with E-state index < -0.39 is 17.5 Å². The summed E-state index contributed by atoms with van der Waals surface area (Å²) in [6.07, 6.45) is 0.312. The van der Waals surface area contributed by atoms with E-state index in [1.807, 2.05) is 0 Å². The first-order chi connectivity index (χ1) is 10.1. The number of amides is 1. The van der Waals surface area contributed by atoms with Gasteiger partial charge in [0.15, 0.2) is 0 Å². The zero-order chi connectivity index (χ0) is 15.2. The van der Waals surface area contributed by atoms with E-state index in [0.717, 1.165) is 18.2 Å². The molecule has 1 aromatic heterocycles. The van der Waals surface area contributed by atoms with Crippen molar-refractivity contribution < 1.29 is 18.7 Å². The average Bonchev–Trinajstić information content (AvgIpc) is 2.86. The summed E-state index contributed by atoms with van der Waals surface area (Å²) in [6.45, 7) is -0.0543. The van der Waals surface area contributed by atoms with Crippen LogP contribution in [0.25, 0.3) is 0 Å². The minimum absolute atomic E-state index is 0.0418. The molecule has 3 nitrogen and oxygen atoms in total. The number of hydrogen-bond acceptors (Lipinski definition) is 3. The van der Waals surface area contributed by atoms with Gasteiger partial charge in [-0.3, -0.25) is 4.79 Å². The summed E-state index contributed by atoms with van der Waals surface area (Å²) in [6, 6.07) is 4.47. The minimum atomic E-state index is -0.764. The normalized spacial score (nSPS) is 9.86. The third kappa shape index (κ3) is 4.12. The summed E-state index contributed by atoms with van der Waals surface area (Å²) < 4.78 is 26.1. The van der Waals surface area contributed by atoms with Crippen LogP contribution in [0.5, 0.6) is 0 Å². The summed E-state index contributed by atoms with van der Waals surface area (Å²) in [5.41, 5.74) is 0.558. The number of aliphatic hydroxyl groups excluding tert-OH is 1. The summed E-state index contributed by atoms with van der Waals surface area (Å²) in [7, 11) is 0. The lowest BCUT2D eigenvalue weighted by atomic mass is 10.2. The van der Waals surface area contributed by atoms with Gasteiger partial charge in [0.25, 0.3) is 5.91 Å². The van der Waals surface area contributed by atoms with E-state index in [1.165, 1.54) is 11.3 Å². The van der Waals surface area contributed by atoms with Crippen LogP contribution in [-0.2, 0) is 0 Å². The minimum Gasteiger partial charge on any atom is -0.395 e. The van der Waals surface area contributed by atoms with Gasteiger partial charge in [0.05, 0.1) is 6.61 Å². The molecule has 0 aliphatic carbocycles. The molecule has 6 heteroatoms. The standard InChI is InChI=1S/C15H11F2NO2S/c16-11-7-12(17)9-13(8-11)18-15(20)14-10(4-6-21-14)3-1-2-5-19/h4,6-9,19H,2,5H2,(H,18,20). The zero-order valence-corrected chi connectivity index (χ0v) is 11.6. The molecular weight excluding hydrogens is 296 g/mol. The Morgan fingerprint density at radius 3 is 2.67 bits per heavy atom. The van der Waals surface area contributed by atoms with Crippen LogP contribution < -0.4 is 5.32 Å². The smallest absolute Gasteiger partial charge is 0.267 e. The summed E-state index contributed by atoms with van der Waals surface area (Å²) >= 11 is 1.18. The van der Waals surface area contributed by atoms with Gasteiger partial charge in [-0.2, -0.15) is 0 Å². The summed E-state index contributed by atoms with van der Waals surface area (Å²) in [5.74, 6) is 3.48. The molecule has 1 heterocycles. The molecule has 2 rings (SSSR count). The Morgan fingerprint density at radius 1 is 1.29 bits per heavy atom. The van der Waals surface area contributed by atoms with Gasteiger partial charge in [0.1, 0.15) is 16.5 Å². The highest BCUT2D eigenvalue weighted by Crippen LogP contribution is 2.19. The van der Waals surface area contributed by atoms with E-state index in [0.29, 0.717) is 16.9 Å². The highest BCUT2D eigenvalue weighted by atomic mass is 32.1. The van der Waals surface area contributed by atoms with E-state index in [2.05, 4.69) is 17.2 Å². The van der Waals surface area contributed by atoms with Crippen molar-refractivity contribution in [1.29, 1.82) is 0 Å². The molecule has 0 saturated carbocycles. The maximum atomic E-state index is 13.1. The van der Waals surface area contributed by atoms with Crippen LogP contribution in [0.15, 0.2) is 29.6 Å². The van der Waals surface area contributed by atoms with Gasteiger partial charge >= 0.3 is 0 Å². The van der Waals surface area contributed by atoms with Crippen molar-refractivity contribution in [3.63, 3.8) is 0 Å². The van der Waals surface area contributed by atoms with E-state index in [4.69, 9.17) is 5.11 Å². The van der Waals surface area contributed by atoms with E-state index in [1.54, 1.807) is 11.4 Å². The van der Waals surface area contributed by atoms with Crippen LogP contribution in [0.3, 0.4) is 0 Å². The summed E-state index contributed by atoms with van der Waals surface area (Å²) in [5, 5.41) is 12.8. The van der Waals surface area contributed by atoms with Crippen LogP contribution in [0.1, 0.15) is 21.7 Å². The lowest BCUT2D eigenvalue weighted by molar-refractivity contribution is 0.103. The van der Waals surface area contributed by atoms with Crippen LogP contribution >= 0.6 is 11.3 Å². The molecule has 0 spiro atoms. The van der Waals surface area contributed by atoms with Crippen molar-refractivity contribution in [2.75, 3.05) is 11.9 Å². The van der Waals surface area contributed by atoms with Crippen LogP contribution in [0, 0.1) is 23.5 Å². The first-order valence-corrected chi connectivity index (χ1v) is 6.93. The fourth-order valence-corrected chi connectivity index (χ4v) is 2.36. The Hall–Kier alpha value is -2.23. The Kier molecular flexibility index (Phi) is 5.04. The van der Waals surface area contributed by atoms with Crippen molar-refractivity contribution in [3.8, 4) is 11.8 Å². The second-order valence-electron chi connectivity index (χ2n) is 4.05. The monoisotopic (exact) mass is 307 g/mol. The Morgan fingerprint density at radius 2 is 2.00 bits per heavy atom. The molecule has 2 N–H and O–H groups in total. The zero-order valence-electron chi connectivity index (χ0n) is 10.8. The maximum Gasteiger partial charge on any atom is 0.267 e. The maximum absolute atomic E-state index is 13.1. The van der Waals surface area contributed by atoms with Crippen molar-refractivity contribution in [1.82, 2.24) is 0 Å². The van der Waals surface area contributed by atoms with Crippen molar-refractivity contribution in [3.05, 3.63) is 51.7 Å². The lowest BCUT2D eigenvalue weighted by Gasteiger charge is -2.04. The largest absolute Gasteiger partial charge is 0.395 e. The molecule has 0 saturated heterocycles. The molecule has 0 atom stereocenters. The van der Waals surface area contributed by atoms with Crippen LogP contribution in [-0.4, -0.2) is 17.6 Å². The average molecular weight is 307 g/mol. The number of carbonyl (C=O) groups excluding carboxylic acids is 1. The predicted octanol–water partition coefficient (Wildman–Crippen LogP) is 3.01. The molecule has 0 unspecified atom stereocenters. The molecule has 2 aromatic rings. The highest BCUT2D eigenvalue weighted by molar-refractivity contribution is 7.12. The molecule has 1 aromatic carbocycles. The fourth-order valence-electron chi connectivity index (χ4n) is 1.61. The molecule has 108 valence electrons. The van der Waals surface area contributed by atoms with Gasteiger partial charge in [-0.15, -0.1) is 11.3 Å². The Labute approximate surface area is 124 Å². The van der Waals surface area contributed by atoms with Gasteiger partial charge < -0.3 is 10.4 Å². The third-order valence-electron chi connectivity index (χ3n) is 2.45. The SMILES string of the molecule is O=C(Nc1cc(F)cc(F)c1)c1sccc1C#CCCO. The quantitative estimate of drug-likeness (QED) is 0.856. The van der Waals surface area contributed by atoms with Crippen molar-refractivity contribution in [2.24, 2.45) is 0 Å². The number of hydrogen-bond donors (Lipinski definition) is 2. The van der Waals surface area contributed by atoms with Gasteiger partial charge in [-0.1, -0.05) is 11.8 Å². The number of aliphatic hydroxyl groups is 1. The third-order valence-corrected chi connectivity index (χ3v) is 3.36. The van der Waals surface area contributed by atoms with Crippen molar-refractivity contribution in [2.45, 2.75) is 6.42 Å². The second kappa shape index (κ2) is 6.97. The predicted molar refractivity (Wildman–Crippen MR) is 77.2 cm³/mol. The molecule has 21 heavy (non-hydrogen) atoms. The highest BCUT2D eigenvalue weighted by Gasteiger charge is 2.13. The molecule has 0 aliphatic heterocycles. The van der Waals surface area contributed by atoms with E-state index >= 15 is 0 Å². The number of thiophene rings is 1. The Balaban J connectivity index is 2.18. The van der Waals surface area contributed by atoms with Gasteiger partial charge in [-0.05, 0) is 23.6 Å². The van der Waals surface area contributed by atoms with Gasteiger partial charge in [-0.25, -0.2) is 8.78 Å². The lowest BCUT2D eigenvalue weighted by Crippen LogP contribution is -2.11. The molecule has 0 radical (unpaired) electrons. The Bertz CT molecular complexity index is 696. The number of anilines is 1. The first-order valence-electron chi connectivity index (χ1n) is 6.05. The molecule has 1 amide bonds.